The first kappa shape index (κ1) is 14.2. The minimum atomic E-state index is -0.274. The first-order valence-corrected chi connectivity index (χ1v) is 7.92. The topological polar surface area (TPSA) is 12.0 Å². The Hall–Kier alpha value is -0.250. The van der Waals surface area contributed by atoms with Gasteiger partial charge < -0.3 is 5.32 Å². The van der Waals surface area contributed by atoms with Crippen LogP contribution in [0.15, 0.2) is 18.2 Å². The minimum absolute atomic E-state index is 0.274. The molecule has 0 amide bonds. The molecule has 0 bridgehead atoms. The highest BCUT2D eigenvalue weighted by molar-refractivity contribution is 7.99. The Morgan fingerprint density at radius 3 is 3.00 bits per heavy atom. The predicted molar refractivity (Wildman–Crippen MR) is 77.8 cm³/mol. The van der Waals surface area contributed by atoms with Crippen LogP contribution >= 0.6 is 23.4 Å². The zero-order valence-corrected chi connectivity index (χ0v) is 12.2. The molecule has 1 aliphatic rings. The van der Waals surface area contributed by atoms with Crippen molar-refractivity contribution in [3.63, 3.8) is 0 Å². The van der Waals surface area contributed by atoms with Gasteiger partial charge in [-0.2, -0.15) is 11.8 Å². The van der Waals surface area contributed by atoms with Gasteiger partial charge in [-0.25, -0.2) is 4.39 Å². The summed E-state index contributed by atoms with van der Waals surface area (Å²) in [4.78, 5) is 0. The second-order valence-corrected chi connectivity index (χ2v) is 6.57. The van der Waals surface area contributed by atoms with E-state index in [1.54, 1.807) is 6.07 Å². The third-order valence-corrected chi connectivity index (χ3v) is 5.08. The molecule has 1 aromatic rings. The van der Waals surface area contributed by atoms with Gasteiger partial charge >= 0.3 is 0 Å². The van der Waals surface area contributed by atoms with Gasteiger partial charge in [0, 0.05) is 22.9 Å². The maximum atomic E-state index is 12.9. The maximum Gasteiger partial charge on any atom is 0.124 e. The van der Waals surface area contributed by atoms with Gasteiger partial charge in [0.15, 0.2) is 0 Å². The number of benzene rings is 1. The molecule has 0 heterocycles. The summed E-state index contributed by atoms with van der Waals surface area (Å²) in [5.74, 6) is 0.893. The summed E-state index contributed by atoms with van der Waals surface area (Å²) in [5, 5.41) is 4.80. The van der Waals surface area contributed by atoms with Gasteiger partial charge in [0.2, 0.25) is 0 Å². The van der Waals surface area contributed by atoms with Crippen LogP contribution in [0.2, 0.25) is 5.02 Å². The fourth-order valence-electron chi connectivity index (χ4n) is 2.48. The maximum absolute atomic E-state index is 12.9. The Bertz CT molecular complexity index is 399. The van der Waals surface area contributed by atoms with Crippen LogP contribution in [0.3, 0.4) is 0 Å². The largest absolute Gasteiger partial charge is 0.309 e. The second-order valence-electron chi connectivity index (χ2n) is 4.65. The molecule has 1 N–H and O–H groups in total. The van der Waals surface area contributed by atoms with E-state index in [-0.39, 0.29) is 5.82 Å². The summed E-state index contributed by atoms with van der Waals surface area (Å²) >= 11 is 8.06. The van der Waals surface area contributed by atoms with Crippen LogP contribution < -0.4 is 5.32 Å². The van der Waals surface area contributed by atoms with Crippen molar-refractivity contribution in [2.45, 2.75) is 44.0 Å². The van der Waals surface area contributed by atoms with Gasteiger partial charge in [0.1, 0.15) is 5.82 Å². The summed E-state index contributed by atoms with van der Waals surface area (Å²) < 4.78 is 12.9. The summed E-state index contributed by atoms with van der Waals surface area (Å²) in [6, 6.07) is 5.18. The average Bonchev–Trinajstić information content (AvgIpc) is 2.76. The van der Waals surface area contributed by atoms with E-state index < -0.39 is 0 Å². The Kier molecular flexibility index (Phi) is 5.34. The first-order chi connectivity index (χ1) is 8.70. The second kappa shape index (κ2) is 6.78. The highest BCUT2D eigenvalue weighted by Crippen LogP contribution is 2.30. The molecule has 1 saturated carbocycles. The van der Waals surface area contributed by atoms with E-state index >= 15 is 0 Å². The van der Waals surface area contributed by atoms with E-state index in [2.05, 4.69) is 12.2 Å². The van der Waals surface area contributed by atoms with Crippen molar-refractivity contribution in [1.29, 1.82) is 0 Å². The molecular weight excluding hydrogens is 269 g/mol. The third-order valence-electron chi connectivity index (χ3n) is 3.40. The molecule has 0 aliphatic heterocycles. The van der Waals surface area contributed by atoms with Gasteiger partial charge in [-0.3, -0.25) is 0 Å². The van der Waals surface area contributed by atoms with Crippen LogP contribution in [0.1, 0.15) is 31.7 Å². The van der Waals surface area contributed by atoms with Gasteiger partial charge in [0.25, 0.3) is 0 Å². The summed E-state index contributed by atoms with van der Waals surface area (Å²) in [7, 11) is 0. The monoisotopic (exact) mass is 287 g/mol. The van der Waals surface area contributed by atoms with Gasteiger partial charge in [0.05, 0.1) is 0 Å². The van der Waals surface area contributed by atoms with Crippen LogP contribution in [0.5, 0.6) is 0 Å². The highest BCUT2D eigenvalue weighted by atomic mass is 35.5. The van der Waals surface area contributed by atoms with Crippen LogP contribution in [-0.4, -0.2) is 17.0 Å². The Morgan fingerprint density at radius 1 is 1.44 bits per heavy atom. The molecule has 1 fully saturated rings. The molecule has 2 unspecified atom stereocenters. The summed E-state index contributed by atoms with van der Waals surface area (Å²) in [5.41, 5.74) is 0.977. The molecule has 1 nitrogen and oxygen atoms in total. The highest BCUT2D eigenvalue weighted by Gasteiger charge is 2.26. The van der Waals surface area contributed by atoms with Crippen molar-refractivity contribution in [1.82, 2.24) is 5.32 Å². The van der Waals surface area contributed by atoms with Crippen molar-refractivity contribution in [2.24, 2.45) is 0 Å². The zero-order chi connectivity index (χ0) is 13.0. The number of rotatable bonds is 5. The SMILES string of the molecule is CCSC1CCCC1NCc1ccc(F)cc1Cl. The lowest BCUT2D eigenvalue weighted by molar-refractivity contribution is 0.531. The third kappa shape index (κ3) is 3.62. The van der Waals surface area contributed by atoms with E-state index in [0.717, 1.165) is 12.1 Å². The van der Waals surface area contributed by atoms with E-state index in [9.17, 15) is 4.39 Å². The van der Waals surface area contributed by atoms with Gasteiger partial charge in [-0.1, -0.05) is 31.0 Å². The molecule has 0 spiro atoms. The lowest BCUT2D eigenvalue weighted by atomic mass is 10.2. The number of nitrogens with one attached hydrogen (secondary N) is 1. The molecule has 2 rings (SSSR count). The smallest absolute Gasteiger partial charge is 0.124 e. The molecule has 0 saturated heterocycles. The van der Waals surface area contributed by atoms with Crippen molar-refractivity contribution in [3.05, 3.63) is 34.6 Å². The number of hydrogen-bond donors (Lipinski definition) is 1. The van der Waals surface area contributed by atoms with Crippen molar-refractivity contribution in [3.8, 4) is 0 Å². The Labute approximate surface area is 117 Å². The van der Waals surface area contributed by atoms with Crippen LogP contribution in [0.4, 0.5) is 4.39 Å². The number of hydrogen-bond acceptors (Lipinski definition) is 2. The first-order valence-electron chi connectivity index (χ1n) is 6.49. The lowest BCUT2D eigenvalue weighted by Gasteiger charge is -2.20. The molecular formula is C14H19ClFNS. The van der Waals surface area contributed by atoms with Crippen molar-refractivity contribution in [2.75, 3.05) is 5.75 Å². The van der Waals surface area contributed by atoms with E-state index in [1.165, 1.54) is 37.1 Å². The quantitative estimate of drug-likeness (QED) is 0.869. The standard InChI is InChI=1S/C14H19ClFNS/c1-2-18-14-5-3-4-13(14)17-9-10-6-7-11(16)8-12(10)15/h6-8,13-14,17H,2-5,9H2,1H3. The molecule has 100 valence electrons. The molecule has 0 radical (unpaired) electrons. The molecule has 0 aromatic heterocycles. The van der Waals surface area contributed by atoms with Crippen LogP contribution in [-0.2, 0) is 6.54 Å². The van der Waals surface area contributed by atoms with Crippen molar-refractivity contribution < 1.29 is 4.39 Å². The van der Waals surface area contributed by atoms with Crippen LogP contribution in [0.25, 0.3) is 0 Å². The molecule has 1 aromatic carbocycles. The Balaban J connectivity index is 1.90. The van der Waals surface area contributed by atoms with E-state index in [1.807, 2.05) is 11.8 Å². The molecule has 18 heavy (non-hydrogen) atoms. The minimum Gasteiger partial charge on any atom is -0.309 e. The van der Waals surface area contributed by atoms with E-state index in [0.29, 0.717) is 16.3 Å². The fourth-order valence-corrected chi connectivity index (χ4v) is 3.94. The molecule has 2 atom stereocenters. The van der Waals surface area contributed by atoms with E-state index in [4.69, 9.17) is 11.6 Å². The van der Waals surface area contributed by atoms with Gasteiger partial charge in [-0.05, 0) is 36.3 Å². The summed E-state index contributed by atoms with van der Waals surface area (Å²) in [6.45, 7) is 2.93. The molecule has 4 heteroatoms. The number of halogens is 2. The molecule has 1 aliphatic carbocycles. The van der Waals surface area contributed by atoms with Gasteiger partial charge in [-0.15, -0.1) is 0 Å². The average molecular weight is 288 g/mol. The predicted octanol–water partition coefficient (Wildman–Crippen LogP) is 4.24. The summed E-state index contributed by atoms with van der Waals surface area (Å²) in [6.07, 6.45) is 3.83. The van der Waals surface area contributed by atoms with Crippen molar-refractivity contribution >= 4 is 23.4 Å². The Morgan fingerprint density at radius 2 is 2.28 bits per heavy atom. The normalized spacial score (nSPS) is 23.5. The number of thioether (sulfide) groups is 1. The zero-order valence-electron chi connectivity index (χ0n) is 10.6. The fraction of sp³-hybridized carbons (Fsp3) is 0.571. The lowest BCUT2D eigenvalue weighted by Crippen LogP contribution is -2.33. The van der Waals surface area contributed by atoms with Crippen LogP contribution in [0, 0.1) is 5.82 Å².